The highest BCUT2D eigenvalue weighted by Crippen LogP contribution is 2.29. The molecule has 3 unspecified atom stereocenters. The predicted molar refractivity (Wildman–Crippen MR) is 127 cm³/mol. The van der Waals surface area contributed by atoms with Crippen molar-refractivity contribution in [3.8, 4) is 17.1 Å². The molecule has 3 rings (SSSR count). The zero-order valence-corrected chi connectivity index (χ0v) is 20.9. The highest BCUT2D eigenvalue weighted by Gasteiger charge is 2.46. The van der Waals surface area contributed by atoms with Crippen molar-refractivity contribution in [2.75, 3.05) is 6.54 Å². The molecule has 0 spiro atoms. The second kappa shape index (κ2) is 9.97. The molecule has 10 heteroatoms. The van der Waals surface area contributed by atoms with Crippen LogP contribution in [-0.2, 0) is 14.3 Å². The van der Waals surface area contributed by atoms with Gasteiger partial charge in [0.1, 0.15) is 23.8 Å². The summed E-state index contributed by atoms with van der Waals surface area (Å²) in [5, 5.41) is 12.4. The minimum absolute atomic E-state index is 0.0377. The predicted octanol–water partition coefficient (Wildman–Crippen LogP) is 3.71. The fourth-order valence-electron chi connectivity index (χ4n) is 3.82. The number of ether oxygens (including phenoxy) is 2. The molecule has 3 heterocycles. The number of furan rings is 1. The number of hydrogen-bond acceptors (Lipinski definition) is 7. The summed E-state index contributed by atoms with van der Waals surface area (Å²) in [6.45, 7) is 10.6. The molecule has 2 aromatic heterocycles. The normalized spacial score (nSPS) is 19.2. The van der Waals surface area contributed by atoms with Gasteiger partial charge in [-0.2, -0.15) is 0 Å². The molecule has 3 atom stereocenters. The Balaban J connectivity index is 1.77. The van der Waals surface area contributed by atoms with E-state index in [2.05, 4.69) is 10.3 Å². The Kier molecular flexibility index (Phi) is 7.42. The number of nitrogens with zero attached hydrogens (tertiary/aromatic N) is 2. The second-order valence-electron chi connectivity index (χ2n) is 10.6. The molecule has 35 heavy (non-hydrogen) atoms. The van der Waals surface area contributed by atoms with Crippen LogP contribution in [-0.4, -0.2) is 63.3 Å². The smallest absolute Gasteiger partial charge is 0.408 e. The summed E-state index contributed by atoms with van der Waals surface area (Å²) in [4.78, 5) is 43.7. The number of rotatable bonds is 6. The molecular formula is C25H33N3O7. The zero-order valence-electron chi connectivity index (χ0n) is 20.9. The third kappa shape index (κ3) is 6.74. The lowest BCUT2D eigenvalue weighted by Crippen LogP contribution is -2.57. The topological polar surface area (TPSA) is 131 Å². The lowest BCUT2D eigenvalue weighted by atomic mass is 9.85. The van der Waals surface area contributed by atoms with E-state index >= 15 is 0 Å². The van der Waals surface area contributed by atoms with E-state index in [-0.39, 0.29) is 13.0 Å². The molecule has 0 aliphatic carbocycles. The van der Waals surface area contributed by atoms with E-state index < -0.39 is 47.2 Å². The van der Waals surface area contributed by atoms with Crippen molar-refractivity contribution >= 4 is 18.0 Å². The van der Waals surface area contributed by atoms with E-state index in [1.807, 2.05) is 0 Å². The van der Waals surface area contributed by atoms with Crippen LogP contribution >= 0.6 is 0 Å². The molecule has 0 radical (unpaired) electrons. The number of amides is 2. The molecule has 2 aromatic rings. The van der Waals surface area contributed by atoms with Crippen LogP contribution in [0.4, 0.5) is 4.79 Å². The summed E-state index contributed by atoms with van der Waals surface area (Å²) >= 11 is 0. The van der Waals surface area contributed by atoms with Crippen LogP contribution in [0.25, 0.3) is 11.3 Å². The summed E-state index contributed by atoms with van der Waals surface area (Å²) in [6.07, 6.45) is 1.85. The number of pyridine rings is 1. The molecule has 1 aliphatic rings. The van der Waals surface area contributed by atoms with Crippen LogP contribution in [0.2, 0.25) is 0 Å². The number of carbonyl (C=O) groups is 3. The van der Waals surface area contributed by atoms with Crippen molar-refractivity contribution in [3.05, 3.63) is 36.8 Å². The van der Waals surface area contributed by atoms with Crippen molar-refractivity contribution < 1.29 is 33.4 Å². The maximum absolute atomic E-state index is 13.5. The lowest BCUT2D eigenvalue weighted by molar-refractivity contribution is -0.150. The zero-order chi connectivity index (χ0) is 26.0. The number of carbonyl (C=O) groups excluding carboxylic acids is 2. The maximum Gasteiger partial charge on any atom is 0.408 e. The number of nitrogens with one attached hydrogen (secondary N) is 1. The number of likely N-dealkylation sites (tertiary alicyclic amines) is 1. The summed E-state index contributed by atoms with van der Waals surface area (Å²) in [5.74, 6) is -1.34. The first-order valence-corrected chi connectivity index (χ1v) is 11.4. The van der Waals surface area contributed by atoms with Crippen LogP contribution in [0.1, 0.15) is 48.0 Å². The Bertz CT molecular complexity index is 1050. The average molecular weight is 488 g/mol. The van der Waals surface area contributed by atoms with E-state index in [9.17, 15) is 19.5 Å². The number of aromatic nitrogens is 1. The molecule has 1 fully saturated rings. The van der Waals surface area contributed by atoms with Gasteiger partial charge < -0.3 is 29.2 Å². The maximum atomic E-state index is 13.5. The summed E-state index contributed by atoms with van der Waals surface area (Å²) in [5.41, 5.74) is -0.0186. The Morgan fingerprint density at radius 3 is 2.46 bits per heavy atom. The largest absolute Gasteiger partial charge is 0.480 e. The standard InChI is InChI=1S/C25H33N3O7/c1-24(2,3)20(27-23(32)35-25(4,5)6)21(29)28-13-16(12-18(28)22(30)31)34-19-9-7-8-17(26-19)15-10-11-33-14-15/h7-11,14,16,18,20H,12-13H2,1-6H3,(H,27,32)(H,30,31). The van der Waals surface area contributed by atoms with Gasteiger partial charge in [0.05, 0.1) is 24.8 Å². The minimum atomic E-state index is -1.14. The van der Waals surface area contributed by atoms with Crippen molar-refractivity contribution in [1.29, 1.82) is 0 Å². The van der Waals surface area contributed by atoms with E-state index in [1.54, 1.807) is 78.3 Å². The first kappa shape index (κ1) is 26.1. The van der Waals surface area contributed by atoms with E-state index in [0.717, 1.165) is 5.56 Å². The third-order valence-corrected chi connectivity index (χ3v) is 5.43. The first-order chi connectivity index (χ1) is 16.2. The molecule has 0 saturated carbocycles. The highest BCUT2D eigenvalue weighted by atomic mass is 16.6. The molecular weight excluding hydrogens is 454 g/mol. The van der Waals surface area contributed by atoms with Gasteiger partial charge in [0.2, 0.25) is 11.8 Å². The van der Waals surface area contributed by atoms with E-state index in [0.29, 0.717) is 11.6 Å². The van der Waals surface area contributed by atoms with Gasteiger partial charge in [0, 0.05) is 18.1 Å². The van der Waals surface area contributed by atoms with Gasteiger partial charge in [-0.25, -0.2) is 14.6 Å². The van der Waals surface area contributed by atoms with Crippen molar-refractivity contribution in [3.63, 3.8) is 0 Å². The number of aliphatic carboxylic acids is 1. The molecule has 0 bridgehead atoms. The molecule has 10 nitrogen and oxygen atoms in total. The summed E-state index contributed by atoms with van der Waals surface area (Å²) in [7, 11) is 0. The van der Waals surface area contributed by atoms with Gasteiger partial charge in [-0.15, -0.1) is 0 Å². The van der Waals surface area contributed by atoms with Gasteiger partial charge in [-0.3, -0.25) is 4.79 Å². The van der Waals surface area contributed by atoms with Gasteiger partial charge in [0.15, 0.2) is 0 Å². The van der Waals surface area contributed by atoms with Crippen LogP contribution in [0.3, 0.4) is 0 Å². The molecule has 1 saturated heterocycles. The van der Waals surface area contributed by atoms with Crippen molar-refractivity contribution in [1.82, 2.24) is 15.2 Å². The van der Waals surface area contributed by atoms with Crippen LogP contribution < -0.4 is 10.1 Å². The molecule has 190 valence electrons. The van der Waals surface area contributed by atoms with Gasteiger partial charge in [-0.05, 0) is 38.3 Å². The van der Waals surface area contributed by atoms with Crippen LogP contribution in [0.15, 0.2) is 41.2 Å². The van der Waals surface area contributed by atoms with Gasteiger partial charge in [-0.1, -0.05) is 26.8 Å². The quantitative estimate of drug-likeness (QED) is 0.630. The molecule has 1 aliphatic heterocycles. The molecule has 0 aromatic carbocycles. The Morgan fingerprint density at radius 1 is 1.17 bits per heavy atom. The number of alkyl carbamates (subject to hydrolysis) is 1. The average Bonchev–Trinajstić information content (AvgIpc) is 3.40. The van der Waals surface area contributed by atoms with Crippen molar-refractivity contribution in [2.24, 2.45) is 5.41 Å². The number of carboxylic acids is 1. The molecule has 2 amide bonds. The Morgan fingerprint density at radius 2 is 1.89 bits per heavy atom. The summed E-state index contributed by atoms with van der Waals surface area (Å²) < 4.78 is 16.4. The van der Waals surface area contributed by atoms with Crippen LogP contribution in [0, 0.1) is 5.41 Å². The van der Waals surface area contributed by atoms with Gasteiger partial charge in [0.25, 0.3) is 0 Å². The van der Waals surface area contributed by atoms with Crippen molar-refractivity contribution in [2.45, 2.75) is 71.8 Å². The number of hydrogen-bond donors (Lipinski definition) is 2. The van der Waals surface area contributed by atoms with E-state index in [4.69, 9.17) is 13.9 Å². The summed E-state index contributed by atoms with van der Waals surface area (Å²) in [6, 6.07) is 4.92. The number of carboxylic acid groups (broad SMARTS) is 1. The second-order valence-corrected chi connectivity index (χ2v) is 10.6. The van der Waals surface area contributed by atoms with Gasteiger partial charge >= 0.3 is 12.1 Å². The fraction of sp³-hybridized carbons (Fsp3) is 0.520. The Labute approximate surface area is 204 Å². The SMILES string of the molecule is CC(C)(C)OC(=O)NC(C(=O)N1CC(Oc2cccc(-c3ccoc3)n2)CC1C(=O)O)C(C)(C)C. The van der Waals surface area contributed by atoms with Crippen LogP contribution in [0.5, 0.6) is 5.88 Å². The highest BCUT2D eigenvalue weighted by molar-refractivity contribution is 5.90. The minimum Gasteiger partial charge on any atom is -0.480 e. The van der Waals surface area contributed by atoms with E-state index in [1.165, 1.54) is 4.90 Å². The first-order valence-electron chi connectivity index (χ1n) is 11.4. The molecule has 2 N–H and O–H groups in total. The lowest BCUT2D eigenvalue weighted by Gasteiger charge is -2.35. The Hall–Kier alpha value is -3.56. The third-order valence-electron chi connectivity index (χ3n) is 5.43. The monoisotopic (exact) mass is 487 g/mol. The fourth-order valence-corrected chi connectivity index (χ4v) is 3.82.